The lowest BCUT2D eigenvalue weighted by atomic mass is 10.2. The number of hydrogen-bond acceptors (Lipinski definition) is 7. The molecule has 1 amide bonds. The predicted octanol–water partition coefficient (Wildman–Crippen LogP) is 4.07. The van der Waals surface area contributed by atoms with Gasteiger partial charge in [-0.25, -0.2) is 0 Å². The molecule has 0 spiro atoms. The SMILES string of the molecule is COc1ccc(-n2ncc(Oc3ccccc3)c(Nc3cccc(C(=O)NCCN(C)C)c3)c2=O)cc1. The molecule has 0 bridgehead atoms. The predicted molar refractivity (Wildman–Crippen MR) is 144 cm³/mol. The van der Waals surface area contributed by atoms with Crippen LogP contribution in [0, 0.1) is 0 Å². The smallest absolute Gasteiger partial charge is 0.299 e. The molecular formula is C28H29N5O4. The Morgan fingerprint density at radius 2 is 1.73 bits per heavy atom. The van der Waals surface area contributed by atoms with Crippen LogP contribution in [0.4, 0.5) is 11.4 Å². The fraction of sp³-hybridized carbons (Fsp3) is 0.179. The van der Waals surface area contributed by atoms with E-state index in [0.29, 0.717) is 35.0 Å². The first-order chi connectivity index (χ1) is 17.9. The average molecular weight is 500 g/mol. The summed E-state index contributed by atoms with van der Waals surface area (Å²) in [5.74, 6) is 1.28. The topological polar surface area (TPSA) is 97.7 Å². The quantitative estimate of drug-likeness (QED) is 0.339. The Morgan fingerprint density at radius 3 is 2.43 bits per heavy atom. The van der Waals surface area contributed by atoms with Gasteiger partial charge in [0.25, 0.3) is 11.5 Å². The lowest BCUT2D eigenvalue weighted by Crippen LogP contribution is -2.31. The summed E-state index contributed by atoms with van der Waals surface area (Å²) in [6.45, 7) is 1.25. The monoisotopic (exact) mass is 499 g/mol. The number of benzene rings is 3. The number of likely N-dealkylation sites (N-methyl/N-ethyl adjacent to an activating group) is 1. The molecule has 0 saturated carbocycles. The summed E-state index contributed by atoms with van der Waals surface area (Å²) in [5.41, 5.74) is 1.36. The third-order valence-corrected chi connectivity index (χ3v) is 5.47. The number of methoxy groups -OCH3 is 1. The van der Waals surface area contributed by atoms with Gasteiger partial charge in [0.1, 0.15) is 11.5 Å². The zero-order chi connectivity index (χ0) is 26.2. The number of anilines is 2. The van der Waals surface area contributed by atoms with E-state index in [2.05, 4.69) is 15.7 Å². The van der Waals surface area contributed by atoms with E-state index < -0.39 is 5.56 Å². The van der Waals surface area contributed by atoms with Crippen LogP contribution in [-0.4, -0.2) is 54.9 Å². The summed E-state index contributed by atoms with van der Waals surface area (Å²) in [6.07, 6.45) is 1.48. The molecule has 37 heavy (non-hydrogen) atoms. The first-order valence-electron chi connectivity index (χ1n) is 11.7. The summed E-state index contributed by atoms with van der Waals surface area (Å²) in [6, 6.07) is 23.1. The van der Waals surface area contributed by atoms with Gasteiger partial charge in [-0.15, -0.1) is 0 Å². The largest absolute Gasteiger partial charge is 0.497 e. The normalized spacial score (nSPS) is 10.7. The van der Waals surface area contributed by atoms with Crippen molar-refractivity contribution < 1.29 is 14.3 Å². The molecule has 0 unspecified atom stereocenters. The minimum absolute atomic E-state index is 0.180. The highest BCUT2D eigenvalue weighted by Gasteiger charge is 2.16. The van der Waals surface area contributed by atoms with Crippen LogP contribution in [-0.2, 0) is 0 Å². The summed E-state index contributed by atoms with van der Waals surface area (Å²) < 4.78 is 12.5. The van der Waals surface area contributed by atoms with Gasteiger partial charge in [-0.2, -0.15) is 9.78 Å². The number of ether oxygens (including phenoxy) is 2. The second-order valence-electron chi connectivity index (χ2n) is 8.48. The molecule has 0 saturated heterocycles. The molecule has 0 radical (unpaired) electrons. The lowest BCUT2D eigenvalue weighted by molar-refractivity contribution is 0.0951. The highest BCUT2D eigenvalue weighted by Crippen LogP contribution is 2.29. The molecule has 190 valence electrons. The van der Waals surface area contributed by atoms with Crippen LogP contribution in [0.2, 0.25) is 0 Å². The van der Waals surface area contributed by atoms with E-state index in [0.717, 1.165) is 6.54 Å². The summed E-state index contributed by atoms with van der Waals surface area (Å²) in [5, 5.41) is 10.4. The molecule has 0 aliphatic carbocycles. The molecule has 4 aromatic rings. The van der Waals surface area contributed by atoms with Crippen molar-refractivity contribution in [3.8, 4) is 22.9 Å². The Kier molecular flexibility index (Phi) is 8.17. The third kappa shape index (κ3) is 6.53. The van der Waals surface area contributed by atoms with Gasteiger partial charge < -0.3 is 25.0 Å². The Labute approximate surface area is 215 Å². The van der Waals surface area contributed by atoms with Crippen molar-refractivity contribution in [1.29, 1.82) is 0 Å². The molecule has 3 aromatic carbocycles. The van der Waals surface area contributed by atoms with Gasteiger partial charge in [-0.05, 0) is 68.7 Å². The molecule has 9 heteroatoms. The molecule has 9 nitrogen and oxygen atoms in total. The average Bonchev–Trinajstić information content (AvgIpc) is 2.91. The van der Waals surface area contributed by atoms with Crippen molar-refractivity contribution in [3.05, 3.63) is 101 Å². The maximum absolute atomic E-state index is 13.6. The van der Waals surface area contributed by atoms with Crippen molar-refractivity contribution in [2.45, 2.75) is 0 Å². The van der Waals surface area contributed by atoms with E-state index in [1.54, 1.807) is 67.8 Å². The number of amides is 1. The maximum atomic E-state index is 13.6. The molecule has 2 N–H and O–H groups in total. The van der Waals surface area contributed by atoms with Crippen LogP contribution in [0.5, 0.6) is 17.2 Å². The van der Waals surface area contributed by atoms with Crippen LogP contribution in [0.3, 0.4) is 0 Å². The second kappa shape index (κ2) is 11.9. The number of nitrogens with zero attached hydrogens (tertiary/aromatic N) is 3. The number of carbonyl (C=O) groups excluding carboxylic acids is 1. The van der Waals surface area contributed by atoms with E-state index in [-0.39, 0.29) is 17.3 Å². The molecular weight excluding hydrogens is 470 g/mol. The number of rotatable bonds is 10. The second-order valence-corrected chi connectivity index (χ2v) is 8.48. The third-order valence-electron chi connectivity index (χ3n) is 5.47. The Bertz CT molecular complexity index is 1400. The number of carbonyl (C=O) groups is 1. The zero-order valence-electron chi connectivity index (χ0n) is 21.0. The van der Waals surface area contributed by atoms with Gasteiger partial charge in [0.05, 0.1) is 19.0 Å². The van der Waals surface area contributed by atoms with E-state index in [1.165, 1.54) is 10.9 Å². The number of para-hydroxylation sites is 1. The van der Waals surface area contributed by atoms with E-state index >= 15 is 0 Å². The van der Waals surface area contributed by atoms with Gasteiger partial charge in [-0.3, -0.25) is 9.59 Å². The van der Waals surface area contributed by atoms with Gasteiger partial charge in [-0.1, -0.05) is 24.3 Å². The highest BCUT2D eigenvalue weighted by molar-refractivity contribution is 5.95. The molecule has 1 aromatic heterocycles. The summed E-state index contributed by atoms with van der Waals surface area (Å²) >= 11 is 0. The minimum atomic E-state index is -0.417. The van der Waals surface area contributed by atoms with Gasteiger partial charge in [0.15, 0.2) is 11.4 Å². The summed E-state index contributed by atoms with van der Waals surface area (Å²) in [7, 11) is 5.46. The molecule has 0 atom stereocenters. The van der Waals surface area contributed by atoms with Crippen LogP contribution < -0.4 is 25.7 Å². The molecule has 0 fully saturated rings. The van der Waals surface area contributed by atoms with Crippen LogP contribution in [0.15, 0.2) is 89.9 Å². The number of nitrogens with one attached hydrogen (secondary N) is 2. The fourth-order valence-corrected chi connectivity index (χ4v) is 3.53. The van der Waals surface area contributed by atoms with Crippen LogP contribution in [0.1, 0.15) is 10.4 Å². The van der Waals surface area contributed by atoms with Crippen LogP contribution >= 0.6 is 0 Å². The Morgan fingerprint density at radius 1 is 0.973 bits per heavy atom. The van der Waals surface area contributed by atoms with Crippen molar-refractivity contribution >= 4 is 17.3 Å². The lowest BCUT2D eigenvalue weighted by Gasteiger charge is -2.15. The van der Waals surface area contributed by atoms with E-state index in [4.69, 9.17) is 9.47 Å². The van der Waals surface area contributed by atoms with Gasteiger partial charge in [0, 0.05) is 24.3 Å². The summed E-state index contributed by atoms with van der Waals surface area (Å²) in [4.78, 5) is 28.2. The van der Waals surface area contributed by atoms with Gasteiger partial charge in [0.2, 0.25) is 0 Å². The van der Waals surface area contributed by atoms with Crippen molar-refractivity contribution in [3.63, 3.8) is 0 Å². The number of aromatic nitrogens is 2. The molecule has 0 aliphatic rings. The maximum Gasteiger partial charge on any atom is 0.299 e. The van der Waals surface area contributed by atoms with Crippen molar-refractivity contribution in [1.82, 2.24) is 20.0 Å². The Balaban J connectivity index is 1.68. The molecule has 4 rings (SSSR count). The van der Waals surface area contributed by atoms with Gasteiger partial charge >= 0.3 is 0 Å². The van der Waals surface area contributed by atoms with Crippen molar-refractivity contribution in [2.24, 2.45) is 0 Å². The van der Waals surface area contributed by atoms with Crippen LogP contribution in [0.25, 0.3) is 5.69 Å². The van der Waals surface area contributed by atoms with E-state index in [9.17, 15) is 9.59 Å². The molecule has 1 heterocycles. The first-order valence-corrected chi connectivity index (χ1v) is 11.7. The number of hydrogen-bond donors (Lipinski definition) is 2. The minimum Gasteiger partial charge on any atom is -0.497 e. The van der Waals surface area contributed by atoms with E-state index in [1.807, 2.05) is 37.2 Å². The fourth-order valence-electron chi connectivity index (χ4n) is 3.53. The first kappa shape index (κ1) is 25.5. The Hall–Kier alpha value is -4.63. The highest BCUT2D eigenvalue weighted by atomic mass is 16.5. The van der Waals surface area contributed by atoms with Crippen molar-refractivity contribution in [2.75, 3.05) is 39.6 Å². The standard InChI is InChI=1S/C28H29N5O4/c1-32(2)17-16-29-27(34)20-8-7-9-21(18-20)31-26-25(37-24-10-5-4-6-11-24)19-30-33(28(26)35)22-12-14-23(36-3)15-13-22/h4-15,18-19,31H,16-17H2,1-3H3,(H,29,34). The zero-order valence-corrected chi connectivity index (χ0v) is 21.0. The molecule has 0 aliphatic heterocycles.